The highest BCUT2D eigenvalue weighted by Gasteiger charge is 2.31. The van der Waals surface area contributed by atoms with Gasteiger partial charge in [0.25, 0.3) is 5.91 Å². The number of aromatic hydroxyl groups is 2. The van der Waals surface area contributed by atoms with Crippen LogP contribution < -0.4 is 0 Å². The number of phenols is 2. The minimum Gasteiger partial charge on any atom is -0.508 e. The largest absolute Gasteiger partial charge is 0.508 e. The van der Waals surface area contributed by atoms with Crippen LogP contribution in [0.3, 0.4) is 0 Å². The fourth-order valence-electron chi connectivity index (χ4n) is 3.33. The first-order valence-corrected chi connectivity index (χ1v) is 10.5. The number of amides is 1. The van der Waals surface area contributed by atoms with Gasteiger partial charge in [0.2, 0.25) is 0 Å². The Bertz CT molecular complexity index is 754. The molecule has 154 valence electrons. The lowest BCUT2D eigenvalue weighted by Crippen LogP contribution is -2.14. The molecule has 0 saturated carbocycles. The first-order valence-electron chi connectivity index (χ1n) is 10.5. The van der Waals surface area contributed by atoms with Gasteiger partial charge in [-0.3, -0.25) is 4.79 Å². The molecule has 2 N–H and O–H groups in total. The molecule has 0 unspecified atom stereocenters. The van der Waals surface area contributed by atoms with Crippen molar-refractivity contribution in [1.29, 1.82) is 0 Å². The molecule has 1 saturated heterocycles. The Kier molecular flexibility index (Phi) is 8.16. The van der Waals surface area contributed by atoms with E-state index in [1.165, 1.54) is 11.1 Å². The zero-order valence-electron chi connectivity index (χ0n) is 17.8. The summed E-state index contributed by atoms with van der Waals surface area (Å²) in [6.45, 7) is 9.86. The number of carbonyl (C=O) groups excluding carboxylic acids is 1. The lowest BCUT2D eigenvalue weighted by atomic mass is 9.94. The van der Waals surface area contributed by atoms with Gasteiger partial charge in [0.05, 0.1) is 5.56 Å². The van der Waals surface area contributed by atoms with Crippen molar-refractivity contribution in [3.05, 3.63) is 46.1 Å². The Balaban J connectivity index is 2.25. The van der Waals surface area contributed by atoms with Crippen LogP contribution in [0.15, 0.2) is 29.4 Å². The lowest BCUT2D eigenvalue weighted by Gasteiger charge is -2.16. The van der Waals surface area contributed by atoms with E-state index < -0.39 is 0 Å². The highest BCUT2D eigenvalue weighted by molar-refractivity contribution is 6.00. The molecule has 0 spiro atoms. The molecule has 4 heteroatoms. The predicted molar refractivity (Wildman–Crippen MR) is 115 cm³/mol. The van der Waals surface area contributed by atoms with Gasteiger partial charge in [0.15, 0.2) is 0 Å². The summed E-state index contributed by atoms with van der Waals surface area (Å²) in [6, 6.07) is 1.69. The summed E-state index contributed by atoms with van der Waals surface area (Å²) >= 11 is 0. The molecule has 1 aromatic carbocycles. The third-order valence-corrected chi connectivity index (χ3v) is 5.21. The van der Waals surface area contributed by atoms with Gasteiger partial charge in [-0.2, -0.15) is 0 Å². The van der Waals surface area contributed by atoms with Gasteiger partial charge < -0.3 is 15.1 Å². The maximum atomic E-state index is 12.8. The highest BCUT2D eigenvalue weighted by Crippen LogP contribution is 2.37. The van der Waals surface area contributed by atoms with Crippen molar-refractivity contribution in [1.82, 2.24) is 4.90 Å². The van der Waals surface area contributed by atoms with E-state index in [0.717, 1.165) is 50.8 Å². The molecule has 2 rings (SSSR count). The molecule has 0 bridgehead atoms. The van der Waals surface area contributed by atoms with Gasteiger partial charge in [0.1, 0.15) is 11.5 Å². The second kappa shape index (κ2) is 10.4. The van der Waals surface area contributed by atoms with Crippen LogP contribution >= 0.6 is 0 Å². The van der Waals surface area contributed by atoms with Gasteiger partial charge in [-0.05, 0) is 64.5 Å². The third kappa shape index (κ3) is 6.15. The number of allylic oxidation sites excluding steroid dienone is 4. The number of hydrogen-bond acceptors (Lipinski definition) is 3. The number of unbranched alkanes of at least 4 members (excludes halogenated alkanes) is 2. The van der Waals surface area contributed by atoms with Crippen molar-refractivity contribution in [2.24, 2.45) is 0 Å². The molecule has 1 amide bonds. The predicted octanol–water partition coefficient (Wildman–Crippen LogP) is 5.52. The van der Waals surface area contributed by atoms with E-state index in [2.05, 4.69) is 33.8 Å². The van der Waals surface area contributed by atoms with Gasteiger partial charge >= 0.3 is 0 Å². The number of benzene rings is 1. The van der Waals surface area contributed by atoms with Crippen LogP contribution in [0.4, 0.5) is 0 Å². The van der Waals surface area contributed by atoms with E-state index in [4.69, 9.17) is 0 Å². The van der Waals surface area contributed by atoms with Crippen LogP contribution in [-0.2, 0) is 12.8 Å². The summed E-state index contributed by atoms with van der Waals surface area (Å²) in [5.41, 5.74) is 4.11. The molecular formula is C24H35NO3. The lowest BCUT2D eigenvalue weighted by molar-refractivity contribution is 0.0881. The van der Waals surface area contributed by atoms with E-state index in [1.807, 2.05) is 6.08 Å². The van der Waals surface area contributed by atoms with E-state index in [9.17, 15) is 15.0 Å². The molecule has 1 heterocycles. The molecular weight excluding hydrogens is 350 g/mol. The van der Waals surface area contributed by atoms with E-state index >= 15 is 0 Å². The van der Waals surface area contributed by atoms with Crippen molar-refractivity contribution >= 4 is 5.91 Å². The first kappa shape index (κ1) is 22.1. The van der Waals surface area contributed by atoms with Crippen molar-refractivity contribution < 1.29 is 15.0 Å². The molecule has 28 heavy (non-hydrogen) atoms. The number of phenolic OH excluding ortho intramolecular Hbond substituents is 2. The number of aryl methyl sites for hydroxylation is 1. The molecule has 1 aromatic rings. The molecule has 1 aliphatic heterocycles. The molecule has 0 atom stereocenters. The maximum Gasteiger partial charge on any atom is 0.258 e. The van der Waals surface area contributed by atoms with E-state index in [1.54, 1.807) is 11.0 Å². The maximum absolute atomic E-state index is 12.8. The summed E-state index contributed by atoms with van der Waals surface area (Å²) in [6.07, 6.45) is 10.4. The Morgan fingerprint density at radius 1 is 1.14 bits per heavy atom. The number of rotatable bonds is 10. The van der Waals surface area contributed by atoms with Gasteiger partial charge in [-0.15, -0.1) is 0 Å². The number of carbonyl (C=O) groups is 1. The third-order valence-electron chi connectivity index (χ3n) is 5.21. The van der Waals surface area contributed by atoms with Crippen molar-refractivity contribution in [2.75, 3.05) is 13.1 Å². The number of hydrogen-bond donors (Lipinski definition) is 2. The minimum atomic E-state index is -0.116. The van der Waals surface area contributed by atoms with Gasteiger partial charge in [0, 0.05) is 18.7 Å². The minimum absolute atomic E-state index is 0.0447. The zero-order chi connectivity index (χ0) is 20.7. The van der Waals surface area contributed by atoms with Crippen LogP contribution in [0, 0.1) is 0 Å². The van der Waals surface area contributed by atoms with Crippen molar-refractivity contribution in [3.8, 4) is 11.5 Å². The summed E-state index contributed by atoms with van der Waals surface area (Å²) in [5, 5.41) is 21.4. The SMILES string of the molecule is CCCCCc1cc(O)c(C/C=C(\C)CCC=C(C)C)c(O)c1C(=O)N1CC1. The average molecular weight is 386 g/mol. The molecule has 0 aromatic heterocycles. The summed E-state index contributed by atoms with van der Waals surface area (Å²) < 4.78 is 0. The van der Waals surface area contributed by atoms with Gasteiger partial charge in [-0.25, -0.2) is 0 Å². The Morgan fingerprint density at radius 3 is 2.46 bits per heavy atom. The highest BCUT2D eigenvalue weighted by atomic mass is 16.3. The number of nitrogens with zero attached hydrogens (tertiary/aromatic N) is 1. The Hall–Kier alpha value is -2.23. The molecule has 1 fully saturated rings. The second-order valence-corrected chi connectivity index (χ2v) is 8.08. The van der Waals surface area contributed by atoms with Crippen LogP contribution in [0.1, 0.15) is 81.3 Å². The second-order valence-electron chi connectivity index (χ2n) is 8.08. The van der Waals surface area contributed by atoms with Crippen LogP contribution in [0.25, 0.3) is 0 Å². The summed E-state index contributed by atoms with van der Waals surface area (Å²) in [5.74, 6) is -0.0778. The monoisotopic (exact) mass is 385 g/mol. The molecule has 0 radical (unpaired) electrons. The summed E-state index contributed by atoms with van der Waals surface area (Å²) in [7, 11) is 0. The smallest absolute Gasteiger partial charge is 0.258 e. The van der Waals surface area contributed by atoms with Crippen LogP contribution in [-0.4, -0.2) is 34.1 Å². The van der Waals surface area contributed by atoms with Crippen LogP contribution in [0.5, 0.6) is 11.5 Å². The Labute approximate surface area is 169 Å². The van der Waals surface area contributed by atoms with Crippen LogP contribution in [0.2, 0.25) is 0 Å². The van der Waals surface area contributed by atoms with E-state index in [-0.39, 0.29) is 17.4 Å². The topological polar surface area (TPSA) is 60.5 Å². The average Bonchev–Trinajstić information content (AvgIpc) is 3.46. The van der Waals surface area contributed by atoms with Gasteiger partial charge in [-0.1, -0.05) is 43.1 Å². The standard InChI is InChI=1S/C24H35NO3/c1-5-6-7-11-19-16-21(26)20(13-12-18(4)10-8-9-17(2)3)23(27)22(19)24(28)25-14-15-25/h9,12,16,26-27H,5-8,10-11,13-15H2,1-4H3/b18-12+. The molecule has 4 nitrogen and oxygen atoms in total. The molecule has 1 aliphatic rings. The Morgan fingerprint density at radius 2 is 1.86 bits per heavy atom. The fraction of sp³-hybridized carbons (Fsp3) is 0.542. The quantitative estimate of drug-likeness (QED) is 0.317. The normalized spacial score (nSPS) is 13.6. The zero-order valence-corrected chi connectivity index (χ0v) is 17.8. The van der Waals surface area contributed by atoms with Crippen molar-refractivity contribution in [2.45, 2.75) is 72.6 Å². The summed E-state index contributed by atoms with van der Waals surface area (Å²) in [4.78, 5) is 14.5. The first-order chi connectivity index (χ1) is 13.3. The molecule has 0 aliphatic carbocycles. The fourth-order valence-corrected chi connectivity index (χ4v) is 3.33. The van der Waals surface area contributed by atoms with Crippen molar-refractivity contribution in [3.63, 3.8) is 0 Å². The van der Waals surface area contributed by atoms with E-state index in [0.29, 0.717) is 24.0 Å².